The first-order valence-corrected chi connectivity index (χ1v) is 6.57. The molecular formula is C15H7BrO3. The average molecular weight is 315 g/mol. The van der Waals surface area contributed by atoms with E-state index in [9.17, 15) is 4.79 Å². The molecule has 2 aromatic heterocycles. The molecule has 0 amide bonds. The summed E-state index contributed by atoms with van der Waals surface area (Å²) in [6, 6.07) is 12.8. The zero-order valence-corrected chi connectivity index (χ0v) is 11.2. The van der Waals surface area contributed by atoms with Crippen LogP contribution in [-0.2, 0) is 0 Å². The Hall–Kier alpha value is -2.07. The first kappa shape index (κ1) is 10.8. The van der Waals surface area contributed by atoms with Crippen LogP contribution in [0.1, 0.15) is 0 Å². The minimum atomic E-state index is -0.139. The second kappa shape index (κ2) is 3.71. The largest absolute Gasteiger partial charge is 0.452 e. The summed E-state index contributed by atoms with van der Waals surface area (Å²) in [5.41, 5.74) is 1.85. The first-order valence-electron chi connectivity index (χ1n) is 5.77. The van der Waals surface area contributed by atoms with Crippen molar-refractivity contribution in [3.05, 3.63) is 57.2 Å². The highest BCUT2D eigenvalue weighted by Crippen LogP contribution is 2.29. The van der Waals surface area contributed by atoms with Gasteiger partial charge in [0.05, 0.1) is 10.8 Å². The quantitative estimate of drug-likeness (QED) is 0.481. The van der Waals surface area contributed by atoms with Gasteiger partial charge in [0.25, 0.3) is 0 Å². The number of hydrogen-bond donors (Lipinski definition) is 0. The van der Waals surface area contributed by atoms with Gasteiger partial charge in [-0.1, -0.05) is 28.1 Å². The van der Waals surface area contributed by atoms with Crippen molar-refractivity contribution in [3.8, 4) is 0 Å². The lowest BCUT2D eigenvalue weighted by atomic mass is 10.2. The summed E-state index contributed by atoms with van der Waals surface area (Å²) in [6.45, 7) is 0. The average Bonchev–Trinajstić information content (AvgIpc) is 2.78. The Bertz CT molecular complexity index is 995. The van der Waals surface area contributed by atoms with Crippen LogP contribution < -0.4 is 5.43 Å². The maximum absolute atomic E-state index is 12.4. The molecule has 0 N–H and O–H groups in total. The molecule has 0 aliphatic rings. The fourth-order valence-electron chi connectivity index (χ4n) is 2.27. The molecule has 2 aromatic carbocycles. The van der Waals surface area contributed by atoms with Gasteiger partial charge in [0, 0.05) is 4.47 Å². The lowest BCUT2D eigenvalue weighted by molar-refractivity contribution is 0.630. The molecule has 4 rings (SSSR count). The number of hydrogen-bond acceptors (Lipinski definition) is 3. The fraction of sp³-hybridized carbons (Fsp3) is 0. The zero-order valence-electron chi connectivity index (χ0n) is 9.64. The third kappa shape index (κ3) is 1.47. The normalized spacial score (nSPS) is 11.6. The lowest BCUT2D eigenvalue weighted by Gasteiger charge is -1.97. The van der Waals surface area contributed by atoms with Gasteiger partial charge in [0.2, 0.25) is 11.0 Å². The van der Waals surface area contributed by atoms with E-state index >= 15 is 0 Å². The second-order valence-electron chi connectivity index (χ2n) is 4.33. The van der Waals surface area contributed by atoms with E-state index in [1.807, 2.05) is 30.3 Å². The highest BCUT2D eigenvalue weighted by Gasteiger charge is 2.15. The van der Waals surface area contributed by atoms with Crippen LogP contribution in [0.2, 0.25) is 0 Å². The number of fused-ring (bicyclic) bond motifs is 4. The number of benzene rings is 2. The van der Waals surface area contributed by atoms with E-state index in [0.717, 1.165) is 9.86 Å². The summed E-state index contributed by atoms with van der Waals surface area (Å²) >= 11 is 3.38. The van der Waals surface area contributed by atoms with Crippen molar-refractivity contribution in [3.63, 3.8) is 0 Å². The molecule has 0 aliphatic carbocycles. The first-order chi connectivity index (χ1) is 9.24. The van der Waals surface area contributed by atoms with E-state index in [-0.39, 0.29) is 11.0 Å². The Morgan fingerprint density at radius 3 is 2.53 bits per heavy atom. The van der Waals surface area contributed by atoms with Crippen LogP contribution in [0.5, 0.6) is 0 Å². The fourth-order valence-corrected chi connectivity index (χ4v) is 2.61. The van der Waals surface area contributed by atoms with Gasteiger partial charge in [-0.2, -0.15) is 0 Å². The van der Waals surface area contributed by atoms with E-state index in [2.05, 4.69) is 15.9 Å². The Balaban J connectivity index is 2.33. The molecule has 0 radical (unpaired) electrons. The molecule has 0 atom stereocenters. The van der Waals surface area contributed by atoms with Crippen molar-refractivity contribution >= 4 is 49.0 Å². The van der Waals surface area contributed by atoms with Crippen LogP contribution in [0.3, 0.4) is 0 Å². The Kier molecular flexibility index (Phi) is 2.11. The SMILES string of the molecule is O=c1c2ccc(Br)cc2oc2c1oc1ccccc12. The molecule has 92 valence electrons. The zero-order chi connectivity index (χ0) is 13.0. The smallest absolute Gasteiger partial charge is 0.235 e. The number of rotatable bonds is 0. The van der Waals surface area contributed by atoms with Crippen LogP contribution >= 0.6 is 15.9 Å². The minimum Gasteiger partial charge on any atom is -0.452 e. The molecule has 0 aliphatic heterocycles. The minimum absolute atomic E-state index is 0.139. The van der Waals surface area contributed by atoms with E-state index in [1.54, 1.807) is 12.1 Å². The Morgan fingerprint density at radius 2 is 1.63 bits per heavy atom. The molecule has 0 spiro atoms. The number of para-hydroxylation sites is 1. The second-order valence-corrected chi connectivity index (χ2v) is 5.24. The predicted octanol–water partition coefficient (Wildman–Crippen LogP) is 4.45. The van der Waals surface area contributed by atoms with E-state index in [0.29, 0.717) is 22.1 Å². The van der Waals surface area contributed by atoms with Gasteiger partial charge >= 0.3 is 0 Å². The summed E-state index contributed by atoms with van der Waals surface area (Å²) in [6.07, 6.45) is 0. The third-order valence-electron chi connectivity index (χ3n) is 3.16. The maximum Gasteiger partial charge on any atom is 0.235 e. The molecule has 0 bridgehead atoms. The van der Waals surface area contributed by atoms with Gasteiger partial charge in [-0.25, -0.2) is 0 Å². The van der Waals surface area contributed by atoms with Crippen LogP contribution in [0.4, 0.5) is 0 Å². The molecule has 19 heavy (non-hydrogen) atoms. The molecule has 4 heteroatoms. The van der Waals surface area contributed by atoms with Crippen molar-refractivity contribution in [1.82, 2.24) is 0 Å². The number of halogens is 1. The molecule has 0 saturated carbocycles. The van der Waals surface area contributed by atoms with Crippen molar-refractivity contribution in [2.24, 2.45) is 0 Å². The molecule has 0 fully saturated rings. The van der Waals surface area contributed by atoms with Crippen LogP contribution in [0.15, 0.2) is 60.6 Å². The van der Waals surface area contributed by atoms with Crippen molar-refractivity contribution in [2.45, 2.75) is 0 Å². The van der Waals surface area contributed by atoms with Gasteiger partial charge in [-0.3, -0.25) is 4.79 Å². The van der Waals surface area contributed by atoms with Gasteiger partial charge in [-0.15, -0.1) is 0 Å². The molecule has 2 heterocycles. The summed E-state index contributed by atoms with van der Waals surface area (Å²) in [4.78, 5) is 12.4. The highest BCUT2D eigenvalue weighted by atomic mass is 79.9. The van der Waals surface area contributed by atoms with Gasteiger partial charge in [0.1, 0.15) is 11.2 Å². The predicted molar refractivity (Wildman–Crippen MR) is 77.5 cm³/mol. The monoisotopic (exact) mass is 314 g/mol. The van der Waals surface area contributed by atoms with E-state index < -0.39 is 0 Å². The van der Waals surface area contributed by atoms with Crippen molar-refractivity contribution in [2.75, 3.05) is 0 Å². The Morgan fingerprint density at radius 1 is 0.842 bits per heavy atom. The van der Waals surface area contributed by atoms with E-state index in [4.69, 9.17) is 8.83 Å². The van der Waals surface area contributed by atoms with Crippen molar-refractivity contribution in [1.29, 1.82) is 0 Å². The molecular weight excluding hydrogens is 308 g/mol. The van der Waals surface area contributed by atoms with Crippen LogP contribution in [-0.4, -0.2) is 0 Å². The summed E-state index contributed by atoms with van der Waals surface area (Å²) < 4.78 is 12.3. The molecule has 4 aromatic rings. The Labute approximate surface area is 115 Å². The number of furan rings is 1. The lowest BCUT2D eigenvalue weighted by Crippen LogP contribution is -1.99. The third-order valence-corrected chi connectivity index (χ3v) is 3.65. The van der Waals surface area contributed by atoms with Crippen molar-refractivity contribution < 1.29 is 8.83 Å². The highest BCUT2D eigenvalue weighted by molar-refractivity contribution is 9.10. The summed E-state index contributed by atoms with van der Waals surface area (Å²) in [5, 5.41) is 1.34. The summed E-state index contributed by atoms with van der Waals surface area (Å²) in [7, 11) is 0. The van der Waals surface area contributed by atoms with E-state index in [1.165, 1.54) is 0 Å². The van der Waals surface area contributed by atoms with Gasteiger partial charge in [-0.05, 0) is 30.3 Å². The molecule has 0 unspecified atom stereocenters. The van der Waals surface area contributed by atoms with Crippen LogP contribution in [0, 0.1) is 0 Å². The molecule has 3 nitrogen and oxygen atoms in total. The topological polar surface area (TPSA) is 43.4 Å². The maximum atomic E-state index is 12.4. The standard InChI is InChI=1S/C15H7BrO3/c16-8-5-6-9-12(7-8)19-14-10-3-1-2-4-11(10)18-15(14)13(9)17/h1-7H. The molecule has 0 saturated heterocycles. The summed E-state index contributed by atoms with van der Waals surface area (Å²) in [5.74, 6) is 0. The van der Waals surface area contributed by atoms with Crippen LogP contribution in [0.25, 0.3) is 33.1 Å². The van der Waals surface area contributed by atoms with Gasteiger partial charge < -0.3 is 8.83 Å². The van der Waals surface area contributed by atoms with Gasteiger partial charge in [0.15, 0.2) is 5.58 Å².